The lowest BCUT2D eigenvalue weighted by Gasteiger charge is -2.18. The van der Waals surface area contributed by atoms with Crippen LogP contribution in [0.1, 0.15) is 37.5 Å². The minimum atomic E-state index is -0.498. The van der Waals surface area contributed by atoms with Gasteiger partial charge in [0.25, 0.3) is 0 Å². The number of aliphatic imine (C=N–C) groups is 1. The van der Waals surface area contributed by atoms with E-state index in [1.165, 1.54) is 12.7 Å². The third kappa shape index (κ3) is 3.81. The van der Waals surface area contributed by atoms with Gasteiger partial charge in [-0.25, -0.2) is 9.79 Å². The van der Waals surface area contributed by atoms with E-state index in [-0.39, 0.29) is 17.0 Å². The summed E-state index contributed by atoms with van der Waals surface area (Å²) in [4.78, 5) is 16.5. The quantitative estimate of drug-likeness (QED) is 0.565. The number of halogens is 1. The van der Waals surface area contributed by atoms with Gasteiger partial charge in [-0.05, 0) is 40.8 Å². The number of benzene rings is 2. The van der Waals surface area contributed by atoms with Gasteiger partial charge in [0, 0.05) is 5.02 Å². The number of ether oxygens (including phenoxy) is 2. The Hall–Kier alpha value is -2.59. The number of hydrogen-bond donors (Lipinski definition) is 0. The van der Waals surface area contributed by atoms with Crippen molar-refractivity contribution >= 4 is 29.5 Å². The summed E-state index contributed by atoms with van der Waals surface area (Å²) in [6.45, 7) is 6.47. The second kappa shape index (κ2) is 6.96. The van der Waals surface area contributed by atoms with Gasteiger partial charge in [-0.3, -0.25) is 0 Å². The smallest absolute Gasteiger partial charge is 0.363 e. The zero-order chi connectivity index (χ0) is 18.9. The van der Waals surface area contributed by atoms with E-state index >= 15 is 0 Å². The standard InChI is InChI=1S/C21H20ClNO3/c1-21(2,3)14-7-5-13(6-8-14)11-17-20(24)26-19(23-17)16-12-15(22)9-10-18(16)25-4/h5-12H,1-4H3. The molecule has 1 aliphatic heterocycles. The first kappa shape index (κ1) is 18.2. The molecule has 0 amide bonds. The number of carbonyl (C=O) groups excluding carboxylic acids is 1. The van der Waals surface area contributed by atoms with Crippen molar-refractivity contribution in [3.05, 3.63) is 69.9 Å². The molecule has 0 spiro atoms. The van der Waals surface area contributed by atoms with Gasteiger partial charge in [0.2, 0.25) is 5.90 Å². The Bertz CT molecular complexity index is 906. The molecule has 1 aliphatic rings. The van der Waals surface area contributed by atoms with E-state index in [2.05, 4.69) is 37.9 Å². The fourth-order valence-electron chi connectivity index (χ4n) is 2.61. The molecule has 0 aliphatic carbocycles. The highest BCUT2D eigenvalue weighted by molar-refractivity contribution is 6.31. The zero-order valence-corrected chi connectivity index (χ0v) is 15.9. The van der Waals surface area contributed by atoms with Crippen molar-refractivity contribution in [2.45, 2.75) is 26.2 Å². The van der Waals surface area contributed by atoms with Crippen LogP contribution in [0.2, 0.25) is 5.02 Å². The van der Waals surface area contributed by atoms with Crippen LogP contribution in [0, 0.1) is 0 Å². The highest BCUT2D eigenvalue weighted by atomic mass is 35.5. The number of nitrogens with zero attached hydrogens (tertiary/aromatic N) is 1. The maximum atomic E-state index is 12.2. The molecule has 0 N–H and O–H groups in total. The number of methoxy groups -OCH3 is 1. The van der Waals surface area contributed by atoms with Crippen LogP contribution in [0.3, 0.4) is 0 Å². The normalized spacial score (nSPS) is 15.8. The highest BCUT2D eigenvalue weighted by Crippen LogP contribution is 2.28. The Morgan fingerprint density at radius 1 is 1.12 bits per heavy atom. The maximum absolute atomic E-state index is 12.2. The lowest BCUT2D eigenvalue weighted by atomic mass is 9.87. The summed E-state index contributed by atoms with van der Waals surface area (Å²) in [5.74, 6) is 0.227. The molecule has 0 saturated heterocycles. The average molecular weight is 370 g/mol. The van der Waals surface area contributed by atoms with Crippen LogP contribution >= 0.6 is 11.6 Å². The number of carbonyl (C=O) groups is 1. The van der Waals surface area contributed by atoms with Gasteiger partial charge in [-0.2, -0.15) is 0 Å². The number of hydrogen-bond acceptors (Lipinski definition) is 4. The minimum Gasteiger partial charge on any atom is -0.496 e. The largest absolute Gasteiger partial charge is 0.496 e. The summed E-state index contributed by atoms with van der Waals surface area (Å²) >= 11 is 6.04. The number of cyclic esters (lactones) is 1. The van der Waals surface area contributed by atoms with E-state index in [1.54, 1.807) is 24.3 Å². The highest BCUT2D eigenvalue weighted by Gasteiger charge is 2.26. The second-order valence-electron chi connectivity index (χ2n) is 7.05. The molecule has 3 rings (SSSR count). The van der Waals surface area contributed by atoms with E-state index in [0.29, 0.717) is 16.3 Å². The molecule has 1 heterocycles. The van der Waals surface area contributed by atoms with E-state index < -0.39 is 5.97 Å². The Morgan fingerprint density at radius 2 is 1.81 bits per heavy atom. The Labute approximate surface area is 158 Å². The molecule has 0 saturated carbocycles. The van der Waals surface area contributed by atoms with Gasteiger partial charge in [0.1, 0.15) is 5.75 Å². The Morgan fingerprint density at radius 3 is 2.42 bits per heavy atom. The van der Waals surface area contributed by atoms with E-state index in [9.17, 15) is 4.79 Å². The molecule has 2 aromatic carbocycles. The van der Waals surface area contributed by atoms with Crippen molar-refractivity contribution in [3.8, 4) is 5.75 Å². The Balaban J connectivity index is 1.93. The molecule has 134 valence electrons. The van der Waals surface area contributed by atoms with Crippen LogP contribution in [0.5, 0.6) is 5.75 Å². The summed E-state index contributed by atoms with van der Waals surface area (Å²) in [7, 11) is 1.54. The van der Waals surface area contributed by atoms with Crippen LogP contribution < -0.4 is 4.74 Å². The molecule has 2 aromatic rings. The molecular formula is C21H20ClNO3. The zero-order valence-electron chi connectivity index (χ0n) is 15.2. The molecule has 4 nitrogen and oxygen atoms in total. The van der Waals surface area contributed by atoms with Crippen molar-refractivity contribution in [2.75, 3.05) is 7.11 Å². The molecule has 0 fully saturated rings. The third-order valence-corrected chi connectivity index (χ3v) is 4.33. The fourth-order valence-corrected chi connectivity index (χ4v) is 2.78. The van der Waals surface area contributed by atoms with Gasteiger partial charge < -0.3 is 9.47 Å². The lowest BCUT2D eigenvalue weighted by molar-refractivity contribution is -0.129. The SMILES string of the molecule is COc1ccc(Cl)cc1C1=NC(=Cc2ccc(C(C)(C)C)cc2)C(=O)O1. The number of esters is 1. The summed E-state index contributed by atoms with van der Waals surface area (Å²) in [5.41, 5.74) is 2.96. The maximum Gasteiger partial charge on any atom is 0.363 e. The molecular weight excluding hydrogens is 350 g/mol. The summed E-state index contributed by atoms with van der Waals surface area (Å²) in [6, 6.07) is 13.1. The molecule has 26 heavy (non-hydrogen) atoms. The molecule has 0 radical (unpaired) electrons. The second-order valence-corrected chi connectivity index (χ2v) is 7.49. The monoisotopic (exact) mass is 369 g/mol. The third-order valence-electron chi connectivity index (χ3n) is 4.09. The van der Waals surface area contributed by atoms with E-state index in [1.807, 2.05) is 12.1 Å². The van der Waals surface area contributed by atoms with Gasteiger partial charge in [0.05, 0.1) is 12.7 Å². The molecule has 0 unspecified atom stereocenters. The predicted octanol–water partition coefficient (Wildman–Crippen LogP) is 4.99. The summed E-state index contributed by atoms with van der Waals surface area (Å²) < 4.78 is 10.6. The topological polar surface area (TPSA) is 47.9 Å². The van der Waals surface area contributed by atoms with Crippen LogP contribution in [-0.2, 0) is 14.9 Å². The van der Waals surface area contributed by atoms with Crippen molar-refractivity contribution in [2.24, 2.45) is 4.99 Å². The molecule has 0 bridgehead atoms. The lowest BCUT2D eigenvalue weighted by Crippen LogP contribution is -2.10. The first-order valence-corrected chi connectivity index (χ1v) is 8.63. The van der Waals surface area contributed by atoms with Gasteiger partial charge in [-0.15, -0.1) is 0 Å². The van der Waals surface area contributed by atoms with Crippen molar-refractivity contribution < 1.29 is 14.3 Å². The molecule has 0 atom stereocenters. The van der Waals surface area contributed by atoms with E-state index in [4.69, 9.17) is 21.1 Å². The van der Waals surface area contributed by atoms with Gasteiger partial charge >= 0.3 is 5.97 Å². The molecule has 0 aromatic heterocycles. The van der Waals surface area contributed by atoms with Crippen LogP contribution in [0.15, 0.2) is 53.2 Å². The van der Waals surface area contributed by atoms with Crippen molar-refractivity contribution in [3.63, 3.8) is 0 Å². The first-order valence-electron chi connectivity index (χ1n) is 8.25. The summed E-state index contributed by atoms with van der Waals surface area (Å²) in [5, 5.41) is 0.509. The fraction of sp³-hybridized carbons (Fsp3) is 0.238. The average Bonchev–Trinajstić information content (AvgIpc) is 2.95. The van der Waals surface area contributed by atoms with Crippen molar-refractivity contribution in [1.82, 2.24) is 0 Å². The summed E-state index contributed by atoms with van der Waals surface area (Å²) in [6.07, 6.45) is 1.71. The van der Waals surface area contributed by atoms with Crippen LogP contribution in [-0.4, -0.2) is 19.0 Å². The number of rotatable bonds is 3. The Kier molecular flexibility index (Phi) is 4.88. The van der Waals surface area contributed by atoms with Gasteiger partial charge in [-0.1, -0.05) is 56.6 Å². The van der Waals surface area contributed by atoms with Gasteiger partial charge in [0.15, 0.2) is 5.70 Å². The first-order chi connectivity index (χ1) is 12.3. The molecule has 5 heteroatoms. The van der Waals surface area contributed by atoms with Crippen molar-refractivity contribution in [1.29, 1.82) is 0 Å². The van der Waals surface area contributed by atoms with Crippen LogP contribution in [0.25, 0.3) is 6.08 Å². The minimum absolute atomic E-state index is 0.0758. The predicted molar refractivity (Wildman–Crippen MR) is 104 cm³/mol. The van der Waals surface area contributed by atoms with Crippen LogP contribution in [0.4, 0.5) is 0 Å². The van der Waals surface area contributed by atoms with E-state index in [0.717, 1.165) is 5.56 Å².